The summed E-state index contributed by atoms with van der Waals surface area (Å²) in [5, 5.41) is 17.6. The Morgan fingerprint density at radius 2 is 0.844 bits per heavy atom. The molecule has 9 aromatic rings. The summed E-state index contributed by atoms with van der Waals surface area (Å²) in [7, 11) is 0. The van der Waals surface area contributed by atoms with Gasteiger partial charge in [0, 0.05) is 33.2 Å². The van der Waals surface area contributed by atoms with E-state index in [1.165, 1.54) is 10.8 Å². The molecule has 45 heavy (non-hydrogen) atoms. The Labute approximate surface area is 254 Å². The van der Waals surface area contributed by atoms with Gasteiger partial charge in [-0.05, 0) is 101 Å². The molecule has 2 aliphatic rings. The summed E-state index contributed by atoms with van der Waals surface area (Å²) in [4.78, 5) is 41.4. The minimum Gasteiger partial charge on any atom is -0.304 e. The second kappa shape index (κ2) is 7.71. The van der Waals surface area contributed by atoms with Crippen LogP contribution in [0.2, 0.25) is 0 Å². The minimum atomic E-state index is -0.353. The first-order valence-electron chi connectivity index (χ1n) is 15.1. The molecule has 0 aliphatic carbocycles. The maximum Gasteiger partial charge on any atom is 0.259 e. The summed E-state index contributed by atoms with van der Waals surface area (Å²) >= 11 is 0. The third-order valence-corrected chi connectivity index (χ3v) is 10.3. The zero-order valence-electron chi connectivity index (χ0n) is 23.7. The summed E-state index contributed by atoms with van der Waals surface area (Å²) in [6.45, 7) is 0.529. The second-order valence-electron chi connectivity index (χ2n) is 12.3. The molecule has 0 atom stereocenters. The van der Waals surface area contributed by atoms with Crippen LogP contribution in [0.25, 0.3) is 75.4 Å². The first-order chi connectivity index (χ1) is 22.1. The third kappa shape index (κ3) is 2.65. The van der Waals surface area contributed by atoms with Gasteiger partial charge < -0.3 is 4.90 Å². The summed E-state index contributed by atoms with van der Waals surface area (Å²) in [5.74, 6) is -0.680. The highest BCUT2D eigenvalue weighted by Gasteiger charge is 2.31. The summed E-state index contributed by atoms with van der Waals surface area (Å²) in [5.41, 5.74) is 3.86. The Morgan fingerprint density at radius 1 is 0.422 bits per heavy atom. The molecule has 0 radical (unpaired) electrons. The Kier molecular flexibility index (Phi) is 4.01. The van der Waals surface area contributed by atoms with E-state index < -0.39 is 0 Å². The first-order valence-corrected chi connectivity index (χ1v) is 15.1. The van der Waals surface area contributed by atoms with Gasteiger partial charge in [-0.2, -0.15) is 0 Å². The van der Waals surface area contributed by atoms with Crippen LogP contribution in [0, 0.1) is 0 Å². The van der Waals surface area contributed by atoms with Crippen molar-refractivity contribution < 1.29 is 14.4 Å². The highest BCUT2D eigenvalue weighted by Crippen LogP contribution is 2.49. The van der Waals surface area contributed by atoms with Crippen LogP contribution >= 0.6 is 0 Å². The zero-order chi connectivity index (χ0) is 29.7. The number of fused-ring (bicyclic) bond motifs is 4. The van der Waals surface area contributed by atoms with Crippen molar-refractivity contribution in [3.63, 3.8) is 0 Å². The maximum absolute atomic E-state index is 13.9. The lowest BCUT2D eigenvalue weighted by atomic mass is 9.81. The van der Waals surface area contributed by atoms with Gasteiger partial charge in [0.1, 0.15) is 0 Å². The topological polar surface area (TPSA) is 66.5 Å². The maximum atomic E-state index is 13.9. The van der Waals surface area contributed by atoms with Gasteiger partial charge in [-0.1, -0.05) is 72.8 Å². The molecule has 0 aromatic heterocycles. The van der Waals surface area contributed by atoms with E-state index in [2.05, 4.69) is 47.8 Å². The van der Waals surface area contributed by atoms with Gasteiger partial charge in [0.2, 0.25) is 0 Å². The van der Waals surface area contributed by atoms with Gasteiger partial charge >= 0.3 is 0 Å². The fourth-order valence-corrected chi connectivity index (χ4v) is 8.48. The zero-order valence-corrected chi connectivity index (χ0v) is 23.7. The van der Waals surface area contributed by atoms with Gasteiger partial charge in [-0.25, -0.2) is 0 Å². The smallest absolute Gasteiger partial charge is 0.259 e. The van der Waals surface area contributed by atoms with E-state index in [0.29, 0.717) is 17.7 Å². The van der Waals surface area contributed by atoms with Gasteiger partial charge in [0.15, 0.2) is 0 Å². The van der Waals surface area contributed by atoms with Crippen LogP contribution in [0.15, 0.2) is 103 Å². The van der Waals surface area contributed by atoms with E-state index in [0.717, 1.165) is 81.4 Å². The Balaban J connectivity index is 1.27. The average Bonchev–Trinajstić information content (AvgIpc) is 3.08. The molecule has 2 heterocycles. The third-order valence-electron chi connectivity index (χ3n) is 10.3. The van der Waals surface area contributed by atoms with Crippen molar-refractivity contribution in [3.05, 3.63) is 125 Å². The van der Waals surface area contributed by atoms with Crippen LogP contribution in [0.1, 0.15) is 36.6 Å². The van der Waals surface area contributed by atoms with Crippen LogP contribution in [-0.4, -0.2) is 17.7 Å². The molecule has 5 heteroatoms. The molecule has 0 fully saturated rings. The van der Waals surface area contributed by atoms with Gasteiger partial charge in [-0.15, -0.1) is 0 Å². The van der Waals surface area contributed by atoms with E-state index in [4.69, 9.17) is 0 Å². The molecule has 0 spiro atoms. The van der Waals surface area contributed by atoms with Gasteiger partial charge in [-0.3, -0.25) is 19.7 Å². The molecular formula is C40H20N2O3. The van der Waals surface area contributed by atoms with Crippen LogP contribution in [0.4, 0.5) is 5.69 Å². The predicted molar refractivity (Wildman–Crippen MR) is 180 cm³/mol. The van der Waals surface area contributed by atoms with E-state index in [-0.39, 0.29) is 17.7 Å². The Morgan fingerprint density at radius 3 is 1.38 bits per heavy atom. The van der Waals surface area contributed by atoms with Crippen molar-refractivity contribution in [1.29, 1.82) is 0 Å². The average molecular weight is 577 g/mol. The summed E-state index contributed by atoms with van der Waals surface area (Å²) in [6, 6.07) is 34.9. The number of imide groups is 1. The second-order valence-corrected chi connectivity index (χ2v) is 12.3. The number of anilines is 1. The lowest BCUT2D eigenvalue weighted by Crippen LogP contribution is -2.34. The van der Waals surface area contributed by atoms with Crippen LogP contribution < -0.4 is 10.2 Å². The normalized spacial score (nSPS) is 14.8. The van der Waals surface area contributed by atoms with Gasteiger partial charge in [0.25, 0.3) is 17.7 Å². The van der Waals surface area contributed by atoms with Crippen molar-refractivity contribution in [1.82, 2.24) is 5.32 Å². The van der Waals surface area contributed by atoms with E-state index >= 15 is 0 Å². The number of para-hydroxylation sites is 1. The molecule has 0 saturated heterocycles. The Bertz CT molecular complexity index is 2750. The highest BCUT2D eigenvalue weighted by molar-refractivity contribution is 6.44. The molecule has 5 nitrogen and oxygen atoms in total. The highest BCUT2D eigenvalue weighted by atomic mass is 16.2. The molecule has 1 N–H and O–H groups in total. The molecule has 2 aliphatic heterocycles. The first kappa shape index (κ1) is 23.4. The SMILES string of the molecule is O=C1NC(=O)c2ccc3c4ccc5c6ccc7c8c(ccc(c9ccc(c%10ccc1c2c%103)c4c95)c86)CN(c1ccccc1)C7=O. The predicted octanol–water partition coefficient (Wildman–Crippen LogP) is 8.68. The molecule has 0 bridgehead atoms. The van der Waals surface area contributed by atoms with E-state index in [1.54, 1.807) is 0 Å². The van der Waals surface area contributed by atoms with Crippen molar-refractivity contribution in [2.75, 3.05) is 4.90 Å². The number of nitrogens with zero attached hydrogens (tertiary/aromatic N) is 1. The standard InChI is InChI=1S/C40H20N2O3/c43-38-29-15-12-27-25-10-8-23-21-7-6-19-18-42(20-4-2-1-3-5-20)40(45)31-17-14-22(33(21)32(19)31)24-9-11-26(35(25)34(23)24)28-13-16-30(39(44)41-38)37(29)36(27)28/h1-17H,18H2,(H,41,43,44). The van der Waals surface area contributed by atoms with Gasteiger partial charge in [0.05, 0.1) is 6.54 Å². The molecule has 208 valence electrons. The molecule has 9 aromatic carbocycles. The quantitative estimate of drug-likeness (QED) is 0.121. The number of carbonyl (C=O) groups excluding carboxylic acids is 3. The molecule has 3 amide bonds. The number of carbonyl (C=O) groups is 3. The lowest BCUT2D eigenvalue weighted by Gasteiger charge is -2.30. The number of amides is 3. The number of hydrogen-bond donors (Lipinski definition) is 1. The summed E-state index contributed by atoms with van der Waals surface area (Å²) < 4.78 is 0. The Hall–Kier alpha value is -6.07. The van der Waals surface area contributed by atoms with Crippen molar-refractivity contribution in [2.45, 2.75) is 6.54 Å². The van der Waals surface area contributed by atoms with Crippen LogP contribution in [0.5, 0.6) is 0 Å². The largest absolute Gasteiger partial charge is 0.304 e. The lowest BCUT2D eigenvalue weighted by molar-refractivity contribution is 0.0844. The van der Waals surface area contributed by atoms with Crippen molar-refractivity contribution >= 4 is 98.8 Å². The van der Waals surface area contributed by atoms with Crippen LogP contribution in [-0.2, 0) is 6.54 Å². The van der Waals surface area contributed by atoms with E-state index in [1.807, 2.05) is 65.6 Å². The van der Waals surface area contributed by atoms with Crippen molar-refractivity contribution in [2.24, 2.45) is 0 Å². The fourth-order valence-electron chi connectivity index (χ4n) is 8.48. The molecule has 0 unspecified atom stereocenters. The minimum absolute atomic E-state index is 0.0252. The fraction of sp³-hybridized carbons (Fsp3) is 0.0250. The number of rotatable bonds is 1. The van der Waals surface area contributed by atoms with Crippen LogP contribution in [0.3, 0.4) is 0 Å². The number of nitrogens with one attached hydrogen (secondary N) is 1. The molecule has 11 rings (SSSR count). The van der Waals surface area contributed by atoms with E-state index in [9.17, 15) is 14.4 Å². The number of benzene rings is 9. The van der Waals surface area contributed by atoms with Crippen molar-refractivity contribution in [3.8, 4) is 0 Å². The number of hydrogen-bond acceptors (Lipinski definition) is 3. The molecule has 0 saturated carbocycles. The monoisotopic (exact) mass is 576 g/mol. The summed E-state index contributed by atoms with van der Waals surface area (Å²) in [6.07, 6.45) is 0. The molecular weight excluding hydrogens is 556 g/mol.